The van der Waals surface area contributed by atoms with Gasteiger partial charge in [0.1, 0.15) is 0 Å². The third-order valence-corrected chi connectivity index (χ3v) is 7.45. The van der Waals surface area contributed by atoms with Crippen molar-refractivity contribution in [1.29, 1.82) is 0 Å². The highest BCUT2D eigenvalue weighted by Gasteiger charge is 2.43. The maximum absolute atomic E-state index is 13.1. The number of nitrogens with zero attached hydrogens (tertiary/aromatic N) is 1. The van der Waals surface area contributed by atoms with Crippen LogP contribution < -0.4 is 5.32 Å². The fourth-order valence-corrected chi connectivity index (χ4v) is 5.92. The van der Waals surface area contributed by atoms with Crippen LogP contribution in [0.25, 0.3) is 0 Å². The second-order valence-corrected chi connectivity index (χ2v) is 8.94. The van der Waals surface area contributed by atoms with Crippen LogP contribution in [0.2, 0.25) is 0 Å². The molecule has 0 saturated carbocycles. The van der Waals surface area contributed by atoms with Gasteiger partial charge in [0.15, 0.2) is 0 Å². The van der Waals surface area contributed by atoms with E-state index in [1.807, 2.05) is 17.4 Å². The van der Waals surface area contributed by atoms with Gasteiger partial charge in [-0.1, -0.05) is 30.3 Å². The molecule has 5 rings (SSSR count). The van der Waals surface area contributed by atoms with E-state index in [1.165, 1.54) is 16.0 Å². The molecule has 28 heavy (non-hydrogen) atoms. The van der Waals surface area contributed by atoms with E-state index in [0.29, 0.717) is 6.04 Å². The van der Waals surface area contributed by atoms with Crippen LogP contribution >= 0.6 is 23.7 Å². The minimum Gasteiger partial charge on any atom is -0.370 e. The van der Waals surface area contributed by atoms with Crippen LogP contribution in [-0.2, 0) is 21.6 Å². The van der Waals surface area contributed by atoms with Crippen molar-refractivity contribution in [3.63, 3.8) is 0 Å². The zero-order chi connectivity index (χ0) is 18.3. The number of piperidine rings is 1. The van der Waals surface area contributed by atoms with Gasteiger partial charge in [0.05, 0.1) is 18.2 Å². The van der Waals surface area contributed by atoms with Crippen molar-refractivity contribution >= 4 is 29.7 Å². The quantitative estimate of drug-likeness (QED) is 0.799. The summed E-state index contributed by atoms with van der Waals surface area (Å²) in [6.07, 6.45) is 4.81. The Morgan fingerprint density at radius 1 is 1.14 bits per heavy atom. The molecule has 0 radical (unpaired) electrons. The third-order valence-electron chi connectivity index (χ3n) is 6.47. The Hall–Kier alpha value is -1.40. The normalized spacial score (nSPS) is 25.9. The van der Waals surface area contributed by atoms with Crippen molar-refractivity contribution in [3.05, 3.63) is 57.8 Å². The molecular weight excluding hydrogens is 392 g/mol. The van der Waals surface area contributed by atoms with Crippen molar-refractivity contribution in [2.24, 2.45) is 0 Å². The van der Waals surface area contributed by atoms with Crippen LogP contribution in [0.15, 0.2) is 41.8 Å². The molecule has 4 nitrogen and oxygen atoms in total. The van der Waals surface area contributed by atoms with Gasteiger partial charge in [-0.25, -0.2) is 0 Å². The molecule has 1 aromatic heterocycles. The average Bonchev–Trinajstić information content (AvgIpc) is 3.39. The predicted molar refractivity (Wildman–Crippen MR) is 114 cm³/mol. The number of amides is 1. The molecule has 0 unspecified atom stereocenters. The molecule has 2 aromatic rings. The number of benzene rings is 1. The lowest BCUT2D eigenvalue weighted by Crippen LogP contribution is -2.52. The van der Waals surface area contributed by atoms with Gasteiger partial charge in [-0.2, -0.15) is 0 Å². The lowest BCUT2D eigenvalue weighted by molar-refractivity contribution is -0.142. The first-order chi connectivity index (χ1) is 13.3. The molecule has 3 aliphatic rings. The van der Waals surface area contributed by atoms with Crippen LogP contribution in [0.1, 0.15) is 47.7 Å². The summed E-state index contributed by atoms with van der Waals surface area (Å²) < 4.78 is 6.27. The second kappa shape index (κ2) is 8.15. The van der Waals surface area contributed by atoms with Gasteiger partial charge >= 0.3 is 0 Å². The van der Waals surface area contributed by atoms with E-state index in [4.69, 9.17) is 4.74 Å². The van der Waals surface area contributed by atoms with Crippen LogP contribution in [0, 0.1) is 0 Å². The molecule has 1 amide bonds. The van der Waals surface area contributed by atoms with Crippen molar-refractivity contribution in [2.75, 3.05) is 19.7 Å². The summed E-state index contributed by atoms with van der Waals surface area (Å²) in [4.78, 5) is 16.6. The summed E-state index contributed by atoms with van der Waals surface area (Å²) in [6, 6.07) is 13.0. The molecule has 2 saturated heterocycles. The largest absolute Gasteiger partial charge is 0.370 e. The summed E-state index contributed by atoms with van der Waals surface area (Å²) in [5, 5.41) is 5.75. The lowest BCUT2D eigenvalue weighted by atomic mass is 9.82. The molecule has 1 aromatic carbocycles. The molecule has 0 aliphatic carbocycles. The Morgan fingerprint density at radius 2 is 1.93 bits per heavy atom. The van der Waals surface area contributed by atoms with Crippen molar-refractivity contribution in [1.82, 2.24) is 10.2 Å². The number of halogens is 1. The number of fused-ring (bicyclic) bond motifs is 2. The molecule has 150 valence electrons. The highest BCUT2D eigenvalue weighted by Crippen LogP contribution is 2.43. The van der Waals surface area contributed by atoms with Gasteiger partial charge in [0, 0.05) is 30.4 Å². The fraction of sp³-hybridized carbons (Fsp3) is 0.500. The van der Waals surface area contributed by atoms with Crippen LogP contribution in [0.5, 0.6) is 0 Å². The van der Waals surface area contributed by atoms with E-state index in [1.54, 1.807) is 0 Å². The lowest BCUT2D eigenvalue weighted by Gasteiger charge is -2.44. The SMILES string of the molecule is Cl.O=C([C@H]1CC[C@H](c2ccccc2)N1)N1CCC2(CC1)OCCc1sccc12. The van der Waals surface area contributed by atoms with E-state index < -0.39 is 0 Å². The van der Waals surface area contributed by atoms with Crippen molar-refractivity contribution < 1.29 is 9.53 Å². The topological polar surface area (TPSA) is 41.6 Å². The summed E-state index contributed by atoms with van der Waals surface area (Å²) >= 11 is 1.85. The number of likely N-dealkylation sites (tertiary alicyclic amines) is 1. The molecular formula is C22H27ClN2O2S. The molecule has 4 heterocycles. The number of thiophene rings is 1. The monoisotopic (exact) mass is 418 g/mol. The smallest absolute Gasteiger partial charge is 0.239 e. The minimum atomic E-state index is -0.153. The minimum absolute atomic E-state index is 0. The maximum atomic E-state index is 13.1. The van der Waals surface area contributed by atoms with Gasteiger partial charge in [0.25, 0.3) is 0 Å². The number of nitrogens with one attached hydrogen (secondary N) is 1. The van der Waals surface area contributed by atoms with Gasteiger partial charge in [-0.3, -0.25) is 10.1 Å². The van der Waals surface area contributed by atoms with Crippen molar-refractivity contribution in [3.8, 4) is 0 Å². The van der Waals surface area contributed by atoms with Gasteiger partial charge < -0.3 is 9.64 Å². The number of hydrogen-bond acceptors (Lipinski definition) is 4. The molecule has 2 fully saturated rings. The number of carbonyl (C=O) groups is 1. The van der Waals surface area contributed by atoms with E-state index in [-0.39, 0.29) is 30.0 Å². The fourth-order valence-electron chi connectivity index (χ4n) is 4.97. The first-order valence-corrected chi connectivity index (χ1v) is 10.9. The van der Waals surface area contributed by atoms with E-state index in [2.05, 4.69) is 45.9 Å². The average molecular weight is 419 g/mol. The maximum Gasteiger partial charge on any atom is 0.239 e. The summed E-state index contributed by atoms with van der Waals surface area (Å²) in [6.45, 7) is 2.40. The highest BCUT2D eigenvalue weighted by molar-refractivity contribution is 7.10. The van der Waals surface area contributed by atoms with E-state index in [0.717, 1.165) is 51.8 Å². The van der Waals surface area contributed by atoms with Crippen LogP contribution in [-0.4, -0.2) is 36.5 Å². The van der Waals surface area contributed by atoms with Gasteiger partial charge in [0.2, 0.25) is 5.91 Å². The summed E-state index contributed by atoms with van der Waals surface area (Å²) in [7, 11) is 0. The Morgan fingerprint density at radius 3 is 2.71 bits per heavy atom. The molecule has 1 spiro atoms. The third kappa shape index (κ3) is 3.50. The number of rotatable bonds is 2. The molecule has 3 aliphatic heterocycles. The predicted octanol–water partition coefficient (Wildman–Crippen LogP) is 4.05. The molecule has 1 N–H and O–H groups in total. The Bertz CT molecular complexity index is 817. The van der Waals surface area contributed by atoms with Crippen LogP contribution in [0.4, 0.5) is 0 Å². The van der Waals surface area contributed by atoms with Gasteiger partial charge in [-0.15, -0.1) is 23.7 Å². The highest BCUT2D eigenvalue weighted by atomic mass is 35.5. The molecule has 0 bridgehead atoms. The van der Waals surface area contributed by atoms with Gasteiger partial charge in [-0.05, 0) is 48.3 Å². The molecule has 6 heteroatoms. The zero-order valence-corrected chi connectivity index (χ0v) is 17.6. The molecule has 2 atom stereocenters. The second-order valence-electron chi connectivity index (χ2n) is 7.94. The van der Waals surface area contributed by atoms with Crippen molar-refractivity contribution in [2.45, 2.75) is 49.8 Å². The first kappa shape index (κ1) is 19.9. The van der Waals surface area contributed by atoms with Crippen LogP contribution in [0.3, 0.4) is 0 Å². The number of carbonyl (C=O) groups excluding carboxylic acids is 1. The summed E-state index contributed by atoms with van der Waals surface area (Å²) in [5.41, 5.74) is 2.51. The first-order valence-electron chi connectivity index (χ1n) is 10.1. The Kier molecular flexibility index (Phi) is 5.79. The summed E-state index contributed by atoms with van der Waals surface area (Å²) in [5.74, 6) is 0.268. The Balaban J connectivity index is 0.00000192. The number of hydrogen-bond donors (Lipinski definition) is 1. The van der Waals surface area contributed by atoms with E-state index in [9.17, 15) is 4.79 Å². The standard InChI is InChI=1S/C22H26N2O2S.ClH/c25-21(19-7-6-18(23-19)16-4-2-1-3-5-16)24-12-10-22(11-13-24)17-9-15-27-20(17)8-14-26-22;/h1-5,9,15,18-19,23H,6-8,10-14H2;1H/t18-,19-;/m1./s1. The van der Waals surface area contributed by atoms with E-state index >= 15 is 0 Å². The number of ether oxygens (including phenoxy) is 1. The zero-order valence-electron chi connectivity index (χ0n) is 15.9. The Labute approximate surface area is 176 Å².